The van der Waals surface area contributed by atoms with Gasteiger partial charge in [-0.3, -0.25) is 14.4 Å². The summed E-state index contributed by atoms with van der Waals surface area (Å²) in [6.07, 6.45) is 91.2. The average Bonchev–Trinajstić information content (AvgIpc) is 3.47. The number of rotatable bonds is 67. The largest absolute Gasteiger partial charge is 0.462 e. The Labute approximate surface area is 510 Å². The van der Waals surface area contributed by atoms with Crippen LogP contribution >= 0.6 is 0 Å². The minimum atomic E-state index is -0.772. The van der Waals surface area contributed by atoms with Gasteiger partial charge in [-0.2, -0.15) is 0 Å². The van der Waals surface area contributed by atoms with E-state index in [1.54, 1.807) is 0 Å². The molecule has 0 bridgehead atoms. The molecule has 6 heteroatoms. The van der Waals surface area contributed by atoms with Gasteiger partial charge in [0.15, 0.2) is 6.10 Å². The molecule has 0 aromatic rings. The lowest BCUT2D eigenvalue weighted by Gasteiger charge is -2.18. The smallest absolute Gasteiger partial charge is 0.306 e. The summed E-state index contributed by atoms with van der Waals surface area (Å²) in [6, 6.07) is 0. The standard InChI is InChI=1S/C76H138O6/c1-4-7-10-13-16-19-22-25-27-29-31-33-35-36-37-38-39-40-42-43-45-47-49-51-54-57-60-63-66-69-75(78)81-72-73(71-80-74(77)68-65-62-59-56-53-24-21-18-15-12-9-6-3)82-76(79)70-67-64-61-58-55-52-50-48-46-44-41-34-32-30-28-26-23-20-17-14-11-8-5-2/h7,10,16,19,25,27,30-33,73H,4-6,8-9,11-15,17-18,20-24,26,28-29,34-72H2,1-3H3/b10-7-,19-16-,27-25-,32-30-,33-31-. The van der Waals surface area contributed by atoms with Gasteiger partial charge in [-0.05, 0) is 83.5 Å². The molecule has 0 heterocycles. The Morgan fingerprint density at radius 1 is 0.256 bits per heavy atom. The lowest BCUT2D eigenvalue weighted by atomic mass is 10.0. The van der Waals surface area contributed by atoms with Crippen LogP contribution in [0.2, 0.25) is 0 Å². The molecule has 0 aliphatic heterocycles. The molecule has 1 atom stereocenters. The third-order valence-corrected chi connectivity index (χ3v) is 16.3. The van der Waals surface area contributed by atoms with Crippen molar-refractivity contribution in [2.24, 2.45) is 0 Å². The number of ether oxygens (including phenoxy) is 3. The van der Waals surface area contributed by atoms with E-state index in [1.807, 2.05) is 0 Å². The summed E-state index contributed by atoms with van der Waals surface area (Å²) in [7, 11) is 0. The molecule has 0 aromatic heterocycles. The van der Waals surface area contributed by atoms with Gasteiger partial charge in [0, 0.05) is 19.3 Å². The minimum absolute atomic E-state index is 0.0683. The van der Waals surface area contributed by atoms with E-state index in [9.17, 15) is 14.4 Å². The van der Waals surface area contributed by atoms with Crippen LogP contribution in [0.4, 0.5) is 0 Å². The Kier molecular flexibility index (Phi) is 68.1. The van der Waals surface area contributed by atoms with Gasteiger partial charge in [0.2, 0.25) is 0 Å². The summed E-state index contributed by atoms with van der Waals surface area (Å²) in [5.74, 6) is -0.843. The third kappa shape index (κ3) is 67.9. The molecule has 1 unspecified atom stereocenters. The zero-order valence-electron chi connectivity index (χ0n) is 55.0. The second-order valence-corrected chi connectivity index (χ2v) is 24.5. The van der Waals surface area contributed by atoms with E-state index in [4.69, 9.17) is 14.2 Å². The van der Waals surface area contributed by atoms with Crippen LogP contribution in [0.25, 0.3) is 0 Å². The molecule has 6 nitrogen and oxygen atoms in total. The van der Waals surface area contributed by atoms with Crippen molar-refractivity contribution >= 4 is 17.9 Å². The molecule has 0 saturated heterocycles. The van der Waals surface area contributed by atoms with Gasteiger partial charge in [0.1, 0.15) is 13.2 Å². The van der Waals surface area contributed by atoms with Crippen LogP contribution in [-0.4, -0.2) is 37.2 Å². The molecule has 478 valence electrons. The Morgan fingerprint density at radius 2 is 0.476 bits per heavy atom. The van der Waals surface area contributed by atoms with Crippen molar-refractivity contribution in [3.05, 3.63) is 60.8 Å². The van der Waals surface area contributed by atoms with Crippen LogP contribution in [-0.2, 0) is 28.6 Å². The van der Waals surface area contributed by atoms with Crippen molar-refractivity contribution in [2.45, 2.75) is 393 Å². The van der Waals surface area contributed by atoms with E-state index >= 15 is 0 Å². The molecule has 0 rings (SSSR count). The van der Waals surface area contributed by atoms with E-state index in [-0.39, 0.29) is 31.1 Å². The van der Waals surface area contributed by atoms with Crippen molar-refractivity contribution in [1.82, 2.24) is 0 Å². The summed E-state index contributed by atoms with van der Waals surface area (Å²) in [5, 5.41) is 0. The fraction of sp³-hybridized carbons (Fsp3) is 0.829. The molecular formula is C76H138O6. The van der Waals surface area contributed by atoms with Crippen LogP contribution in [0.1, 0.15) is 387 Å². The molecule has 0 aliphatic carbocycles. The highest BCUT2D eigenvalue weighted by Crippen LogP contribution is 2.18. The monoisotopic (exact) mass is 1150 g/mol. The quantitative estimate of drug-likeness (QED) is 0.0261. The van der Waals surface area contributed by atoms with Crippen LogP contribution in [0.15, 0.2) is 60.8 Å². The predicted molar refractivity (Wildman–Crippen MR) is 358 cm³/mol. The fourth-order valence-electron chi connectivity index (χ4n) is 10.8. The summed E-state index contributed by atoms with van der Waals surface area (Å²) >= 11 is 0. The lowest BCUT2D eigenvalue weighted by molar-refractivity contribution is -0.167. The highest BCUT2D eigenvalue weighted by atomic mass is 16.6. The first-order valence-electron chi connectivity index (χ1n) is 36.3. The van der Waals surface area contributed by atoms with Crippen LogP contribution in [0.5, 0.6) is 0 Å². The first-order chi connectivity index (χ1) is 40.5. The third-order valence-electron chi connectivity index (χ3n) is 16.3. The van der Waals surface area contributed by atoms with E-state index in [2.05, 4.69) is 81.5 Å². The van der Waals surface area contributed by atoms with E-state index in [0.29, 0.717) is 19.3 Å². The first-order valence-corrected chi connectivity index (χ1v) is 36.3. The van der Waals surface area contributed by atoms with Crippen molar-refractivity contribution < 1.29 is 28.6 Å². The van der Waals surface area contributed by atoms with Gasteiger partial charge in [-0.15, -0.1) is 0 Å². The first kappa shape index (κ1) is 79.1. The minimum Gasteiger partial charge on any atom is -0.462 e. The summed E-state index contributed by atoms with van der Waals surface area (Å²) in [5.41, 5.74) is 0. The van der Waals surface area contributed by atoms with Crippen molar-refractivity contribution in [1.29, 1.82) is 0 Å². The number of carbonyl (C=O) groups is 3. The van der Waals surface area contributed by atoms with Gasteiger partial charge < -0.3 is 14.2 Å². The number of unbranched alkanes of at least 4 members (excludes halogenated alkanes) is 46. The van der Waals surface area contributed by atoms with E-state index in [1.165, 1.54) is 263 Å². The molecular weight excluding hydrogens is 1010 g/mol. The number of allylic oxidation sites excluding steroid dienone is 10. The molecule has 0 spiro atoms. The molecule has 0 radical (unpaired) electrons. The SMILES string of the molecule is CC/C=C\C/C=C\C/C=C\C/C=C\CCCCCCCCCCCCCCCCCCC(=O)OCC(COC(=O)CCCCCCCCCCCCCC)OC(=O)CCCCCCCCCCCCC/C=C\CCCCCCCCCC. The maximum atomic E-state index is 13.0. The van der Waals surface area contributed by atoms with Gasteiger partial charge in [-0.25, -0.2) is 0 Å². The second kappa shape index (κ2) is 70.6. The van der Waals surface area contributed by atoms with Crippen LogP contribution in [0.3, 0.4) is 0 Å². The van der Waals surface area contributed by atoms with Gasteiger partial charge in [0.05, 0.1) is 0 Å². The second-order valence-electron chi connectivity index (χ2n) is 24.5. The number of carbonyl (C=O) groups excluding carboxylic acids is 3. The number of esters is 3. The summed E-state index contributed by atoms with van der Waals surface area (Å²) in [4.78, 5) is 38.4. The van der Waals surface area contributed by atoms with E-state index < -0.39 is 6.10 Å². The highest BCUT2D eigenvalue weighted by molar-refractivity contribution is 5.71. The van der Waals surface area contributed by atoms with Gasteiger partial charge in [0.25, 0.3) is 0 Å². The topological polar surface area (TPSA) is 78.9 Å². The Morgan fingerprint density at radius 3 is 0.756 bits per heavy atom. The Bertz CT molecular complexity index is 1460. The van der Waals surface area contributed by atoms with Crippen molar-refractivity contribution in [3.8, 4) is 0 Å². The maximum absolute atomic E-state index is 13.0. The zero-order valence-corrected chi connectivity index (χ0v) is 55.0. The number of hydrogen-bond acceptors (Lipinski definition) is 6. The molecule has 0 aliphatic rings. The highest BCUT2D eigenvalue weighted by Gasteiger charge is 2.19. The molecule has 0 aromatic carbocycles. The molecule has 0 saturated carbocycles. The van der Waals surface area contributed by atoms with E-state index in [0.717, 1.165) is 83.5 Å². The van der Waals surface area contributed by atoms with Crippen LogP contribution in [0, 0.1) is 0 Å². The van der Waals surface area contributed by atoms with Crippen molar-refractivity contribution in [3.63, 3.8) is 0 Å². The summed E-state index contributed by atoms with van der Waals surface area (Å²) < 4.78 is 17.0. The number of hydrogen-bond donors (Lipinski definition) is 0. The molecule has 82 heavy (non-hydrogen) atoms. The maximum Gasteiger partial charge on any atom is 0.306 e. The van der Waals surface area contributed by atoms with Gasteiger partial charge >= 0.3 is 17.9 Å². The molecule has 0 amide bonds. The molecule has 0 N–H and O–H groups in total. The lowest BCUT2D eigenvalue weighted by Crippen LogP contribution is -2.30. The van der Waals surface area contributed by atoms with Crippen molar-refractivity contribution in [2.75, 3.05) is 13.2 Å². The normalized spacial score (nSPS) is 12.4. The molecule has 0 fully saturated rings. The predicted octanol–water partition coefficient (Wildman–Crippen LogP) is 25.1. The van der Waals surface area contributed by atoms with Crippen LogP contribution < -0.4 is 0 Å². The fourth-order valence-corrected chi connectivity index (χ4v) is 10.8. The Balaban J connectivity index is 4.19. The zero-order chi connectivity index (χ0) is 59.2. The van der Waals surface area contributed by atoms with Gasteiger partial charge in [-0.1, -0.05) is 345 Å². The average molecular weight is 1150 g/mol. The summed E-state index contributed by atoms with van der Waals surface area (Å²) in [6.45, 7) is 6.59. The Hall–Kier alpha value is -2.89.